The zero-order chi connectivity index (χ0) is 11.9. The molecule has 1 aromatic carbocycles. The van der Waals surface area contributed by atoms with Gasteiger partial charge in [-0.25, -0.2) is 8.78 Å². The summed E-state index contributed by atoms with van der Waals surface area (Å²) in [6, 6.07) is 3.79. The zero-order valence-electron chi connectivity index (χ0n) is 9.81. The van der Waals surface area contributed by atoms with Crippen LogP contribution in [-0.2, 0) is 6.42 Å². The summed E-state index contributed by atoms with van der Waals surface area (Å²) in [6.07, 6.45) is -0.200. The molecule has 0 fully saturated rings. The van der Waals surface area contributed by atoms with Gasteiger partial charge >= 0.3 is 0 Å². The highest BCUT2D eigenvalue weighted by atomic mass is 19.3. The third-order valence-electron chi connectivity index (χ3n) is 3.09. The van der Waals surface area contributed by atoms with Crippen molar-refractivity contribution in [2.75, 3.05) is 6.61 Å². The number of ether oxygens (including phenoxy) is 1. The summed E-state index contributed by atoms with van der Waals surface area (Å²) < 4.78 is 31.6. The maximum atomic E-state index is 13.3. The summed E-state index contributed by atoms with van der Waals surface area (Å²) in [7, 11) is 0. The summed E-state index contributed by atoms with van der Waals surface area (Å²) >= 11 is 0. The van der Waals surface area contributed by atoms with E-state index in [4.69, 9.17) is 4.74 Å². The summed E-state index contributed by atoms with van der Waals surface area (Å²) in [4.78, 5) is 0. The van der Waals surface area contributed by atoms with Crippen molar-refractivity contribution in [3.8, 4) is 5.75 Å². The quantitative estimate of drug-likeness (QED) is 0.709. The second kappa shape index (κ2) is 3.72. The van der Waals surface area contributed by atoms with E-state index in [2.05, 4.69) is 13.8 Å². The van der Waals surface area contributed by atoms with Crippen LogP contribution < -0.4 is 4.74 Å². The lowest BCUT2D eigenvalue weighted by atomic mass is 9.90. The first-order chi connectivity index (χ1) is 7.41. The van der Waals surface area contributed by atoms with Gasteiger partial charge < -0.3 is 4.74 Å². The predicted octanol–water partition coefficient (Wildman–Crippen LogP) is 3.69. The highest BCUT2D eigenvalue weighted by molar-refractivity contribution is 5.47. The lowest BCUT2D eigenvalue weighted by molar-refractivity contribution is -0.0516. The number of benzene rings is 1. The van der Waals surface area contributed by atoms with Crippen LogP contribution in [0.15, 0.2) is 12.1 Å². The number of halogens is 2. The second-order valence-corrected chi connectivity index (χ2v) is 4.73. The first kappa shape index (κ1) is 11.4. The van der Waals surface area contributed by atoms with E-state index in [1.807, 2.05) is 19.1 Å². The maximum absolute atomic E-state index is 13.3. The number of rotatable bonds is 1. The molecule has 2 rings (SSSR count). The minimum Gasteiger partial charge on any atom is -0.487 e. The van der Waals surface area contributed by atoms with Crippen LogP contribution in [0.5, 0.6) is 5.75 Å². The van der Waals surface area contributed by atoms with Crippen LogP contribution in [0, 0.1) is 6.92 Å². The Kier molecular flexibility index (Phi) is 2.64. The third-order valence-corrected chi connectivity index (χ3v) is 3.09. The van der Waals surface area contributed by atoms with Crippen LogP contribution in [0.25, 0.3) is 0 Å². The van der Waals surface area contributed by atoms with Gasteiger partial charge in [0.05, 0.1) is 0 Å². The van der Waals surface area contributed by atoms with Crippen molar-refractivity contribution in [3.63, 3.8) is 0 Å². The van der Waals surface area contributed by atoms with Crippen molar-refractivity contribution in [3.05, 3.63) is 28.8 Å². The zero-order valence-corrected chi connectivity index (χ0v) is 9.81. The van der Waals surface area contributed by atoms with Crippen molar-refractivity contribution >= 4 is 0 Å². The summed E-state index contributed by atoms with van der Waals surface area (Å²) in [5.74, 6) is -1.76. The molecule has 1 aliphatic heterocycles. The largest absolute Gasteiger partial charge is 0.487 e. The topological polar surface area (TPSA) is 9.23 Å². The first-order valence-electron chi connectivity index (χ1n) is 5.54. The fourth-order valence-electron chi connectivity index (χ4n) is 2.22. The van der Waals surface area contributed by atoms with E-state index >= 15 is 0 Å². The van der Waals surface area contributed by atoms with Crippen LogP contribution in [0.4, 0.5) is 8.78 Å². The number of fused-ring (bicyclic) bond motifs is 1. The Balaban J connectivity index is 2.48. The van der Waals surface area contributed by atoms with E-state index < -0.39 is 12.5 Å². The summed E-state index contributed by atoms with van der Waals surface area (Å²) in [6.45, 7) is 5.53. The highest BCUT2D eigenvalue weighted by Crippen LogP contribution is 2.37. The molecule has 1 nitrogen and oxygen atoms in total. The minimum atomic E-state index is -2.73. The monoisotopic (exact) mass is 226 g/mol. The van der Waals surface area contributed by atoms with Gasteiger partial charge in [-0.15, -0.1) is 0 Å². The SMILES string of the molecule is Cc1c(C(C)C)ccc2c1CC(F)(F)CO2. The molecule has 88 valence electrons. The van der Waals surface area contributed by atoms with E-state index in [1.54, 1.807) is 0 Å². The number of alkyl halides is 2. The number of hydrogen-bond acceptors (Lipinski definition) is 1. The molecule has 0 radical (unpaired) electrons. The maximum Gasteiger partial charge on any atom is 0.285 e. The molecular formula is C13H16F2O. The molecule has 1 aliphatic rings. The first-order valence-corrected chi connectivity index (χ1v) is 5.54. The van der Waals surface area contributed by atoms with E-state index in [-0.39, 0.29) is 6.42 Å². The third kappa shape index (κ3) is 1.91. The van der Waals surface area contributed by atoms with Crippen LogP contribution in [0.3, 0.4) is 0 Å². The molecule has 0 aliphatic carbocycles. The molecule has 0 saturated carbocycles. The van der Waals surface area contributed by atoms with Gasteiger partial charge in [0.2, 0.25) is 0 Å². The van der Waals surface area contributed by atoms with Crippen molar-refractivity contribution in [2.24, 2.45) is 0 Å². The van der Waals surface area contributed by atoms with Gasteiger partial charge in [-0.3, -0.25) is 0 Å². The molecule has 0 amide bonds. The van der Waals surface area contributed by atoms with Gasteiger partial charge in [0, 0.05) is 12.0 Å². The van der Waals surface area contributed by atoms with Crippen LogP contribution in [-0.4, -0.2) is 12.5 Å². The highest BCUT2D eigenvalue weighted by Gasteiger charge is 2.36. The Hall–Kier alpha value is -1.12. The Morgan fingerprint density at radius 1 is 1.31 bits per heavy atom. The van der Waals surface area contributed by atoms with Crippen molar-refractivity contribution < 1.29 is 13.5 Å². The van der Waals surface area contributed by atoms with Crippen molar-refractivity contribution in [1.29, 1.82) is 0 Å². The average Bonchev–Trinajstić information content (AvgIpc) is 2.18. The van der Waals surface area contributed by atoms with Gasteiger partial charge in [-0.1, -0.05) is 19.9 Å². The smallest absolute Gasteiger partial charge is 0.285 e. The molecular weight excluding hydrogens is 210 g/mol. The fourth-order valence-corrected chi connectivity index (χ4v) is 2.22. The molecule has 0 bridgehead atoms. The summed E-state index contributed by atoms with van der Waals surface area (Å²) in [5.41, 5.74) is 2.74. The molecule has 0 N–H and O–H groups in total. The molecule has 1 heterocycles. The molecule has 16 heavy (non-hydrogen) atoms. The molecule has 0 saturated heterocycles. The fraction of sp³-hybridized carbons (Fsp3) is 0.538. The second-order valence-electron chi connectivity index (χ2n) is 4.73. The summed E-state index contributed by atoms with van der Waals surface area (Å²) in [5, 5.41) is 0. The normalized spacial score (nSPS) is 18.1. The number of hydrogen-bond donors (Lipinski definition) is 0. The van der Waals surface area contributed by atoms with Crippen LogP contribution >= 0.6 is 0 Å². The Morgan fingerprint density at radius 3 is 2.62 bits per heavy atom. The van der Waals surface area contributed by atoms with Gasteiger partial charge in [0.15, 0.2) is 6.61 Å². The van der Waals surface area contributed by atoms with Crippen LogP contribution in [0.2, 0.25) is 0 Å². The van der Waals surface area contributed by atoms with E-state index in [1.165, 1.54) is 0 Å². The van der Waals surface area contributed by atoms with E-state index in [0.29, 0.717) is 17.2 Å². The molecule has 0 atom stereocenters. The standard InChI is InChI=1S/C13H16F2O/c1-8(2)10-4-5-12-11(9(10)3)6-13(14,15)7-16-12/h4-5,8H,6-7H2,1-3H3. The van der Waals surface area contributed by atoms with Gasteiger partial charge in [0.25, 0.3) is 5.92 Å². The van der Waals surface area contributed by atoms with Crippen molar-refractivity contribution in [2.45, 2.75) is 39.0 Å². The molecule has 0 aromatic heterocycles. The molecule has 0 unspecified atom stereocenters. The Bertz CT molecular complexity index is 411. The Labute approximate surface area is 94.4 Å². The molecule has 0 spiro atoms. The lowest BCUT2D eigenvalue weighted by Gasteiger charge is -2.27. The molecule has 3 heteroatoms. The predicted molar refractivity (Wildman–Crippen MR) is 59.4 cm³/mol. The van der Waals surface area contributed by atoms with Crippen LogP contribution in [0.1, 0.15) is 36.5 Å². The van der Waals surface area contributed by atoms with E-state index in [9.17, 15) is 8.78 Å². The van der Waals surface area contributed by atoms with E-state index in [0.717, 1.165) is 11.1 Å². The van der Waals surface area contributed by atoms with Crippen molar-refractivity contribution in [1.82, 2.24) is 0 Å². The van der Waals surface area contributed by atoms with Gasteiger partial charge in [-0.05, 0) is 30.0 Å². The molecule has 1 aromatic rings. The Morgan fingerprint density at radius 2 is 2.00 bits per heavy atom. The van der Waals surface area contributed by atoms with Gasteiger partial charge in [-0.2, -0.15) is 0 Å². The lowest BCUT2D eigenvalue weighted by Crippen LogP contribution is -2.33. The van der Waals surface area contributed by atoms with Gasteiger partial charge in [0.1, 0.15) is 5.75 Å². The minimum absolute atomic E-state index is 0.200. The average molecular weight is 226 g/mol.